The van der Waals surface area contributed by atoms with E-state index in [9.17, 15) is 19.2 Å². The van der Waals surface area contributed by atoms with Crippen molar-refractivity contribution >= 4 is 29.3 Å². The van der Waals surface area contributed by atoms with Crippen LogP contribution in [0, 0.1) is 0 Å². The van der Waals surface area contributed by atoms with Gasteiger partial charge >= 0.3 is 11.7 Å². The predicted octanol–water partition coefficient (Wildman–Crippen LogP) is 0.579. The highest BCUT2D eigenvalue weighted by Gasteiger charge is 2.19. The largest absolute Gasteiger partial charge is 0.469 e. The van der Waals surface area contributed by atoms with Crippen LogP contribution >= 0.6 is 11.3 Å². The van der Waals surface area contributed by atoms with Crippen LogP contribution in [0.15, 0.2) is 39.4 Å². The summed E-state index contributed by atoms with van der Waals surface area (Å²) in [4.78, 5) is 48.3. The van der Waals surface area contributed by atoms with Gasteiger partial charge in [0.25, 0.3) is 5.56 Å². The van der Waals surface area contributed by atoms with Crippen LogP contribution in [-0.2, 0) is 28.4 Å². The van der Waals surface area contributed by atoms with Crippen LogP contribution in [0.3, 0.4) is 0 Å². The lowest BCUT2D eigenvalue weighted by atomic mass is 10.1. The van der Waals surface area contributed by atoms with E-state index in [0.29, 0.717) is 0 Å². The van der Waals surface area contributed by atoms with E-state index in [1.807, 2.05) is 17.5 Å². The van der Waals surface area contributed by atoms with Crippen molar-refractivity contribution in [3.8, 4) is 0 Å². The molecule has 1 amide bonds. The van der Waals surface area contributed by atoms with Gasteiger partial charge in [0.2, 0.25) is 5.91 Å². The summed E-state index contributed by atoms with van der Waals surface area (Å²) in [5.41, 5.74) is -0.751. The molecular weight excluding hydrogens is 358 g/mol. The molecule has 0 aromatic carbocycles. The zero-order valence-electron chi connectivity index (χ0n) is 14.6. The fourth-order valence-electron chi connectivity index (χ4n) is 2.30. The normalized spacial score (nSPS) is 12.1. The molecule has 0 saturated heterocycles. The Balaban J connectivity index is 2.18. The summed E-state index contributed by atoms with van der Waals surface area (Å²) in [6.07, 6.45) is 3.89. The second-order valence-electron chi connectivity index (χ2n) is 5.53. The van der Waals surface area contributed by atoms with Crippen molar-refractivity contribution in [2.45, 2.75) is 12.5 Å². The summed E-state index contributed by atoms with van der Waals surface area (Å²) < 4.78 is 6.88. The van der Waals surface area contributed by atoms with Gasteiger partial charge in [-0.15, -0.1) is 11.3 Å². The third-order valence-corrected chi connectivity index (χ3v) is 4.67. The van der Waals surface area contributed by atoms with Crippen LogP contribution in [0.2, 0.25) is 0 Å². The van der Waals surface area contributed by atoms with Crippen molar-refractivity contribution in [2.24, 2.45) is 14.1 Å². The maximum absolute atomic E-state index is 12.2. The fourth-order valence-corrected chi connectivity index (χ4v) is 3.08. The number of amides is 1. The van der Waals surface area contributed by atoms with Crippen LogP contribution < -0.4 is 16.6 Å². The first-order valence-corrected chi connectivity index (χ1v) is 8.57. The van der Waals surface area contributed by atoms with Gasteiger partial charge < -0.3 is 14.6 Å². The van der Waals surface area contributed by atoms with Crippen LogP contribution in [0.25, 0.3) is 6.08 Å². The number of ether oxygens (including phenoxy) is 1. The molecule has 2 aromatic heterocycles. The predicted molar refractivity (Wildman–Crippen MR) is 97.8 cm³/mol. The van der Waals surface area contributed by atoms with Gasteiger partial charge in [0.15, 0.2) is 0 Å². The standard InChI is InChI=1S/C17H19N3O5S/c1-19-10-11(16(23)20(2)17(19)24)6-7-14(21)18-12(9-15(22)25-3)13-5-4-8-26-13/h4-8,10,12H,9H2,1-3H3,(H,18,21)/b7-6+. The van der Waals surface area contributed by atoms with Crippen molar-refractivity contribution in [3.05, 3.63) is 61.1 Å². The van der Waals surface area contributed by atoms with Gasteiger partial charge in [-0.25, -0.2) is 4.79 Å². The zero-order chi connectivity index (χ0) is 19.3. The van der Waals surface area contributed by atoms with Crippen LogP contribution in [0.5, 0.6) is 0 Å². The van der Waals surface area contributed by atoms with Crippen molar-refractivity contribution in [1.29, 1.82) is 0 Å². The molecule has 1 unspecified atom stereocenters. The Morgan fingerprint density at radius 3 is 2.69 bits per heavy atom. The topological polar surface area (TPSA) is 99.4 Å². The van der Waals surface area contributed by atoms with Gasteiger partial charge in [0, 0.05) is 31.2 Å². The van der Waals surface area contributed by atoms with E-state index in [0.717, 1.165) is 9.44 Å². The van der Waals surface area contributed by atoms with Gasteiger partial charge in [-0.1, -0.05) is 6.07 Å². The van der Waals surface area contributed by atoms with Gasteiger partial charge in [-0.2, -0.15) is 0 Å². The van der Waals surface area contributed by atoms with Gasteiger partial charge in [-0.05, 0) is 17.5 Å². The number of carbonyl (C=O) groups is 2. The minimum Gasteiger partial charge on any atom is -0.469 e. The third kappa shape index (κ3) is 4.57. The Labute approximate surface area is 153 Å². The van der Waals surface area contributed by atoms with E-state index in [-0.39, 0.29) is 12.0 Å². The number of methoxy groups -OCH3 is 1. The smallest absolute Gasteiger partial charge is 0.330 e. The highest BCUT2D eigenvalue weighted by Crippen LogP contribution is 2.22. The molecule has 9 heteroatoms. The second kappa shape index (κ2) is 8.43. The number of thiophene rings is 1. The maximum Gasteiger partial charge on any atom is 0.330 e. The maximum atomic E-state index is 12.2. The molecule has 0 aliphatic heterocycles. The second-order valence-corrected chi connectivity index (χ2v) is 6.51. The average molecular weight is 377 g/mol. The molecule has 0 radical (unpaired) electrons. The number of nitrogens with zero attached hydrogens (tertiary/aromatic N) is 2. The summed E-state index contributed by atoms with van der Waals surface area (Å²) in [7, 11) is 4.17. The summed E-state index contributed by atoms with van der Waals surface area (Å²) in [5.74, 6) is -0.914. The minimum absolute atomic E-state index is 0.00179. The summed E-state index contributed by atoms with van der Waals surface area (Å²) in [6, 6.07) is 3.11. The lowest BCUT2D eigenvalue weighted by Gasteiger charge is -2.15. The molecule has 0 fully saturated rings. The van der Waals surface area contributed by atoms with Crippen LogP contribution in [0.4, 0.5) is 0 Å². The lowest BCUT2D eigenvalue weighted by molar-refractivity contribution is -0.141. The average Bonchev–Trinajstić information content (AvgIpc) is 3.15. The molecule has 1 N–H and O–H groups in total. The Kier molecular flexibility index (Phi) is 6.29. The fraction of sp³-hybridized carbons (Fsp3) is 0.294. The zero-order valence-corrected chi connectivity index (χ0v) is 15.4. The molecule has 26 heavy (non-hydrogen) atoms. The molecule has 2 aromatic rings. The number of nitrogens with one attached hydrogen (secondary N) is 1. The number of aryl methyl sites for hydroxylation is 1. The van der Waals surface area contributed by atoms with Gasteiger partial charge in [-0.3, -0.25) is 19.0 Å². The first-order valence-electron chi connectivity index (χ1n) is 7.69. The van der Waals surface area contributed by atoms with Crippen molar-refractivity contribution < 1.29 is 14.3 Å². The molecule has 2 rings (SSSR count). The van der Waals surface area contributed by atoms with E-state index in [4.69, 9.17) is 0 Å². The third-order valence-electron chi connectivity index (χ3n) is 3.69. The molecule has 0 bridgehead atoms. The number of hydrogen-bond acceptors (Lipinski definition) is 6. The molecule has 138 valence electrons. The van der Waals surface area contributed by atoms with E-state index < -0.39 is 29.2 Å². The minimum atomic E-state index is -0.525. The van der Waals surface area contributed by atoms with Crippen molar-refractivity contribution in [1.82, 2.24) is 14.5 Å². The monoisotopic (exact) mass is 377 g/mol. The van der Waals surface area contributed by atoms with Crippen molar-refractivity contribution in [3.63, 3.8) is 0 Å². The number of carbonyl (C=O) groups excluding carboxylic acids is 2. The molecule has 0 saturated carbocycles. The Hall–Kier alpha value is -2.94. The number of hydrogen-bond donors (Lipinski definition) is 1. The number of esters is 1. The molecule has 8 nitrogen and oxygen atoms in total. The first-order chi connectivity index (χ1) is 12.3. The lowest BCUT2D eigenvalue weighted by Crippen LogP contribution is -2.37. The van der Waals surface area contributed by atoms with Crippen LogP contribution in [0.1, 0.15) is 22.9 Å². The SMILES string of the molecule is COC(=O)CC(NC(=O)/C=C/c1cn(C)c(=O)n(C)c1=O)c1cccs1. The van der Waals surface area contributed by atoms with E-state index in [1.165, 1.54) is 55.5 Å². The molecule has 0 aliphatic carbocycles. The van der Waals surface area contributed by atoms with Gasteiger partial charge in [0.1, 0.15) is 0 Å². The highest BCUT2D eigenvalue weighted by molar-refractivity contribution is 7.10. The Morgan fingerprint density at radius 1 is 1.35 bits per heavy atom. The molecule has 2 heterocycles. The number of aromatic nitrogens is 2. The van der Waals surface area contributed by atoms with E-state index in [1.54, 1.807) is 0 Å². The molecular formula is C17H19N3O5S. The van der Waals surface area contributed by atoms with Crippen molar-refractivity contribution in [2.75, 3.05) is 7.11 Å². The van der Waals surface area contributed by atoms with E-state index in [2.05, 4.69) is 10.1 Å². The summed E-state index contributed by atoms with van der Waals surface area (Å²) in [6.45, 7) is 0. The number of rotatable bonds is 6. The summed E-state index contributed by atoms with van der Waals surface area (Å²) in [5, 5.41) is 4.56. The Bertz CT molecular complexity index is 940. The first kappa shape index (κ1) is 19.4. The van der Waals surface area contributed by atoms with Crippen LogP contribution in [-0.4, -0.2) is 28.1 Å². The highest BCUT2D eigenvalue weighted by atomic mass is 32.1. The quantitative estimate of drug-likeness (QED) is 0.586. The molecule has 1 atom stereocenters. The summed E-state index contributed by atoms with van der Waals surface area (Å²) >= 11 is 1.41. The van der Waals surface area contributed by atoms with Gasteiger partial charge in [0.05, 0.1) is 25.1 Å². The van der Waals surface area contributed by atoms with E-state index >= 15 is 0 Å². The molecule has 0 aliphatic rings. The Morgan fingerprint density at radius 2 is 2.08 bits per heavy atom. The molecule has 0 spiro atoms.